The molecule has 4 heteroatoms. The van der Waals surface area contributed by atoms with Crippen LogP contribution in [-0.4, -0.2) is 5.78 Å². The Morgan fingerprint density at radius 3 is 2.79 bits per heavy atom. The van der Waals surface area contributed by atoms with E-state index in [9.17, 15) is 9.18 Å². The van der Waals surface area contributed by atoms with Gasteiger partial charge in [0.1, 0.15) is 0 Å². The van der Waals surface area contributed by atoms with E-state index in [1.165, 1.54) is 6.08 Å². The van der Waals surface area contributed by atoms with Crippen LogP contribution in [0.15, 0.2) is 54.4 Å². The molecule has 100 valence electrons. The van der Waals surface area contributed by atoms with Crippen molar-refractivity contribution in [3.05, 3.63) is 65.0 Å². The number of ketones is 1. The van der Waals surface area contributed by atoms with Gasteiger partial charge in [-0.15, -0.1) is 0 Å². The molecule has 0 heterocycles. The Hall–Kier alpha value is -1.87. The molecule has 0 aromatic heterocycles. The van der Waals surface area contributed by atoms with Crippen LogP contribution >= 0.6 is 11.6 Å². The van der Waals surface area contributed by atoms with Crippen LogP contribution in [0.25, 0.3) is 0 Å². The molecule has 0 aliphatic heterocycles. The van der Waals surface area contributed by atoms with Gasteiger partial charge in [0, 0.05) is 22.7 Å². The second kappa shape index (κ2) is 7.54. The van der Waals surface area contributed by atoms with E-state index in [2.05, 4.69) is 0 Å². The van der Waals surface area contributed by atoms with Crippen LogP contribution < -0.4 is 5.73 Å². The van der Waals surface area contributed by atoms with Gasteiger partial charge in [0.25, 0.3) is 0 Å². The molecule has 0 saturated heterocycles. The Labute approximate surface area is 117 Å². The summed E-state index contributed by atoms with van der Waals surface area (Å²) in [5.74, 6) is -0.0943. The lowest BCUT2D eigenvalue weighted by atomic mass is 10.0. The molecule has 0 radical (unpaired) electrons. The summed E-state index contributed by atoms with van der Waals surface area (Å²) >= 11 is 5.84. The lowest BCUT2D eigenvalue weighted by Gasteiger charge is -2.05. The SMILES string of the molecule is C\C(=C/C=C\C=C\F)CC(=O)c1cc(Cl)ccc1N. The van der Waals surface area contributed by atoms with Crippen LogP contribution in [-0.2, 0) is 0 Å². The molecule has 2 nitrogen and oxygen atoms in total. The topological polar surface area (TPSA) is 43.1 Å². The number of carbonyl (C=O) groups is 1. The third-order valence-electron chi connectivity index (χ3n) is 2.43. The van der Waals surface area contributed by atoms with E-state index in [1.54, 1.807) is 36.4 Å². The van der Waals surface area contributed by atoms with Gasteiger partial charge < -0.3 is 5.73 Å². The molecule has 1 aromatic rings. The van der Waals surface area contributed by atoms with E-state index >= 15 is 0 Å². The molecule has 1 rings (SSSR count). The number of Topliss-reactive ketones (excluding diaryl/α,β-unsaturated/α-hetero) is 1. The standard InChI is InChI=1S/C15H15ClFNO/c1-11(5-3-2-4-8-17)9-15(19)13-10-12(16)6-7-14(13)18/h2-8,10H,9,18H2,1H3/b3-2-,8-4+,11-5+. The van der Waals surface area contributed by atoms with Crippen molar-refractivity contribution in [2.24, 2.45) is 0 Å². The van der Waals surface area contributed by atoms with Crippen molar-refractivity contribution >= 4 is 23.1 Å². The van der Waals surface area contributed by atoms with Crippen LogP contribution in [0.1, 0.15) is 23.7 Å². The summed E-state index contributed by atoms with van der Waals surface area (Å²) in [6, 6.07) is 4.82. The van der Waals surface area contributed by atoms with Crippen molar-refractivity contribution in [3.8, 4) is 0 Å². The molecule has 0 amide bonds. The van der Waals surface area contributed by atoms with Gasteiger partial charge in [0.05, 0.1) is 6.33 Å². The summed E-state index contributed by atoms with van der Waals surface area (Å²) in [5, 5.41) is 0.479. The predicted molar refractivity (Wildman–Crippen MR) is 78.0 cm³/mol. The Bertz CT molecular complexity index is 547. The molecule has 0 atom stereocenters. The zero-order chi connectivity index (χ0) is 14.3. The summed E-state index contributed by atoms with van der Waals surface area (Å²) < 4.78 is 11.7. The van der Waals surface area contributed by atoms with Crippen molar-refractivity contribution < 1.29 is 9.18 Å². The third kappa shape index (κ3) is 5.10. The fourth-order valence-electron chi connectivity index (χ4n) is 1.50. The summed E-state index contributed by atoms with van der Waals surface area (Å²) in [6.45, 7) is 1.82. The number of hydrogen-bond donors (Lipinski definition) is 1. The van der Waals surface area contributed by atoms with E-state index in [-0.39, 0.29) is 12.2 Å². The maximum Gasteiger partial charge on any atom is 0.169 e. The molecule has 19 heavy (non-hydrogen) atoms. The van der Waals surface area contributed by atoms with Gasteiger partial charge in [-0.25, -0.2) is 4.39 Å². The summed E-state index contributed by atoms with van der Waals surface area (Å²) in [4.78, 5) is 12.0. The Balaban J connectivity index is 2.76. The zero-order valence-electron chi connectivity index (χ0n) is 10.6. The first-order valence-corrected chi connectivity index (χ1v) is 6.10. The molecule has 1 aromatic carbocycles. The van der Waals surface area contributed by atoms with Crippen molar-refractivity contribution in [3.63, 3.8) is 0 Å². The highest BCUT2D eigenvalue weighted by Gasteiger charge is 2.10. The van der Waals surface area contributed by atoms with Crippen molar-refractivity contribution in [1.29, 1.82) is 0 Å². The molecule has 0 saturated carbocycles. The second-order valence-electron chi connectivity index (χ2n) is 4.05. The largest absolute Gasteiger partial charge is 0.398 e. The lowest BCUT2D eigenvalue weighted by Crippen LogP contribution is -2.04. The number of hydrogen-bond acceptors (Lipinski definition) is 2. The minimum Gasteiger partial charge on any atom is -0.398 e. The van der Waals surface area contributed by atoms with Crippen LogP contribution in [0.3, 0.4) is 0 Å². The first kappa shape index (κ1) is 15.2. The minimum absolute atomic E-state index is 0.0943. The van der Waals surface area contributed by atoms with Crippen molar-refractivity contribution in [2.45, 2.75) is 13.3 Å². The normalized spacial score (nSPS) is 12.5. The van der Waals surface area contributed by atoms with E-state index in [1.807, 2.05) is 6.92 Å². The third-order valence-corrected chi connectivity index (χ3v) is 2.67. The molecule has 2 N–H and O–H groups in total. The fraction of sp³-hybridized carbons (Fsp3) is 0.133. The molecule has 0 spiro atoms. The van der Waals surface area contributed by atoms with Gasteiger partial charge in [-0.1, -0.05) is 35.4 Å². The highest BCUT2D eigenvalue weighted by Crippen LogP contribution is 2.20. The molecular weight excluding hydrogens is 265 g/mol. The van der Waals surface area contributed by atoms with Crippen LogP contribution in [0.4, 0.5) is 10.1 Å². The van der Waals surface area contributed by atoms with E-state index < -0.39 is 0 Å². The highest BCUT2D eigenvalue weighted by atomic mass is 35.5. The highest BCUT2D eigenvalue weighted by molar-refractivity contribution is 6.31. The molecule has 0 aliphatic carbocycles. The minimum atomic E-state index is -0.0943. The zero-order valence-corrected chi connectivity index (χ0v) is 11.3. The fourth-order valence-corrected chi connectivity index (χ4v) is 1.68. The maximum absolute atomic E-state index is 12.0. The number of nitrogen functional groups attached to an aromatic ring is 1. The predicted octanol–water partition coefficient (Wildman–Crippen LogP) is 4.48. The van der Waals surface area contributed by atoms with Crippen LogP contribution in [0, 0.1) is 0 Å². The molecule has 0 unspecified atom stereocenters. The van der Waals surface area contributed by atoms with Gasteiger partial charge in [-0.05, 0) is 31.2 Å². The molecule has 0 fully saturated rings. The Morgan fingerprint density at radius 1 is 1.37 bits per heavy atom. The number of nitrogens with two attached hydrogens (primary N) is 1. The molecule has 0 bridgehead atoms. The number of rotatable bonds is 5. The smallest absolute Gasteiger partial charge is 0.169 e. The van der Waals surface area contributed by atoms with Gasteiger partial charge >= 0.3 is 0 Å². The van der Waals surface area contributed by atoms with Crippen LogP contribution in [0.5, 0.6) is 0 Å². The number of anilines is 1. The first-order valence-electron chi connectivity index (χ1n) is 5.72. The van der Waals surface area contributed by atoms with Gasteiger partial charge in [-0.2, -0.15) is 0 Å². The lowest BCUT2D eigenvalue weighted by molar-refractivity contribution is 0.0994. The van der Waals surface area contributed by atoms with Gasteiger partial charge in [-0.3, -0.25) is 4.79 Å². The quantitative estimate of drug-likeness (QED) is 0.490. The summed E-state index contributed by atoms with van der Waals surface area (Å²) in [7, 11) is 0. The maximum atomic E-state index is 12.0. The monoisotopic (exact) mass is 279 g/mol. The van der Waals surface area contributed by atoms with Gasteiger partial charge in [0.2, 0.25) is 0 Å². The van der Waals surface area contributed by atoms with E-state index in [4.69, 9.17) is 17.3 Å². The number of halogens is 2. The molecule has 0 aliphatic rings. The first-order chi connectivity index (χ1) is 9.04. The van der Waals surface area contributed by atoms with Crippen molar-refractivity contribution in [2.75, 3.05) is 5.73 Å². The Kier molecular flexibility index (Phi) is 6.03. The number of benzene rings is 1. The average molecular weight is 280 g/mol. The van der Waals surface area contributed by atoms with Crippen LogP contribution in [0.2, 0.25) is 5.02 Å². The van der Waals surface area contributed by atoms with Gasteiger partial charge in [0.15, 0.2) is 5.78 Å². The summed E-state index contributed by atoms with van der Waals surface area (Å²) in [6.07, 6.45) is 6.91. The van der Waals surface area contributed by atoms with Crippen molar-refractivity contribution in [1.82, 2.24) is 0 Å². The number of carbonyl (C=O) groups excluding carboxylic acids is 1. The van der Waals surface area contributed by atoms with E-state index in [0.29, 0.717) is 22.6 Å². The second-order valence-corrected chi connectivity index (χ2v) is 4.48. The summed E-state index contributed by atoms with van der Waals surface area (Å²) in [5.41, 5.74) is 7.44. The Morgan fingerprint density at radius 2 is 2.11 bits per heavy atom. The average Bonchev–Trinajstić information content (AvgIpc) is 2.37. The van der Waals surface area contributed by atoms with E-state index in [0.717, 1.165) is 5.57 Å². The molecular formula is C15H15ClFNO. The number of allylic oxidation sites excluding steroid dienone is 5.